The summed E-state index contributed by atoms with van der Waals surface area (Å²) in [6, 6.07) is 1.56. The van der Waals surface area contributed by atoms with E-state index in [4.69, 9.17) is 16.7 Å². The van der Waals surface area contributed by atoms with E-state index in [0.717, 1.165) is 0 Å². The number of aromatic nitrogens is 1. The summed E-state index contributed by atoms with van der Waals surface area (Å²) < 4.78 is 0. The average molecular weight is 160 g/mol. The Morgan fingerprint density at radius 1 is 1.70 bits per heavy atom. The monoisotopic (exact) mass is 159 g/mol. The highest BCUT2D eigenvalue weighted by atomic mass is 35.5. The van der Waals surface area contributed by atoms with Gasteiger partial charge in [-0.15, -0.1) is 0 Å². The zero-order valence-corrected chi connectivity index (χ0v) is 5.85. The van der Waals surface area contributed by atoms with Crippen LogP contribution in [0.3, 0.4) is 0 Å². The molecule has 0 atom stereocenters. The van der Waals surface area contributed by atoms with Gasteiger partial charge in [-0.3, -0.25) is 4.79 Å². The van der Waals surface area contributed by atoms with Gasteiger partial charge in [0.25, 0.3) is 5.56 Å². The van der Waals surface area contributed by atoms with Crippen LogP contribution in [-0.2, 0) is 6.61 Å². The van der Waals surface area contributed by atoms with Gasteiger partial charge in [0.05, 0.1) is 6.61 Å². The molecule has 1 aromatic heterocycles. The van der Waals surface area contributed by atoms with Crippen molar-refractivity contribution in [1.29, 1.82) is 0 Å². The maximum atomic E-state index is 10.7. The molecule has 0 bridgehead atoms. The molecule has 0 saturated carbocycles. The fourth-order valence-corrected chi connectivity index (χ4v) is 0.800. The van der Waals surface area contributed by atoms with Crippen LogP contribution >= 0.6 is 11.6 Å². The molecule has 0 aliphatic carbocycles. The fourth-order valence-electron chi connectivity index (χ4n) is 0.622. The molecule has 54 valence electrons. The van der Waals surface area contributed by atoms with E-state index in [0.29, 0.717) is 5.56 Å². The van der Waals surface area contributed by atoms with E-state index in [1.165, 1.54) is 6.20 Å². The first-order chi connectivity index (χ1) is 4.75. The van der Waals surface area contributed by atoms with Crippen molar-refractivity contribution < 1.29 is 5.11 Å². The van der Waals surface area contributed by atoms with Crippen molar-refractivity contribution in [2.75, 3.05) is 0 Å². The molecule has 0 radical (unpaired) electrons. The van der Waals surface area contributed by atoms with Gasteiger partial charge in [0.1, 0.15) is 5.02 Å². The molecule has 1 aromatic rings. The third-order valence-corrected chi connectivity index (χ3v) is 1.56. The molecule has 4 heteroatoms. The molecule has 0 fully saturated rings. The molecule has 2 N–H and O–H groups in total. The van der Waals surface area contributed by atoms with Gasteiger partial charge >= 0.3 is 0 Å². The number of halogens is 1. The highest BCUT2D eigenvalue weighted by molar-refractivity contribution is 6.31. The van der Waals surface area contributed by atoms with Crippen LogP contribution in [0.2, 0.25) is 5.02 Å². The number of hydrogen-bond donors (Lipinski definition) is 2. The summed E-state index contributed by atoms with van der Waals surface area (Å²) in [5, 5.41) is 8.67. The molecular weight excluding hydrogens is 154 g/mol. The number of nitrogens with one attached hydrogen (secondary N) is 1. The molecule has 0 spiro atoms. The first kappa shape index (κ1) is 7.31. The van der Waals surface area contributed by atoms with Crippen LogP contribution < -0.4 is 5.56 Å². The van der Waals surface area contributed by atoms with Gasteiger partial charge in [0, 0.05) is 11.8 Å². The van der Waals surface area contributed by atoms with Crippen LogP contribution in [0, 0.1) is 0 Å². The van der Waals surface area contributed by atoms with Crippen molar-refractivity contribution in [1.82, 2.24) is 4.98 Å². The lowest BCUT2D eigenvalue weighted by atomic mass is 10.3. The summed E-state index contributed by atoms with van der Waals surface area (Å²) >= 11 is 5.49. The van der Waals surface area contributed by atoms with Gasteiger partial charge in [-0.2, -0.15) is 0 Å². The largest absolute Gasteiger partial charge is 0.392 e. The molecule has 0 unspecified atom stereocenters. The Balaban J connectivity index is 3.28. The van der Waals surface area contributed by atoms with E-state index in [1.807, 2.05) is 0 Å². The molecule has 0 saturated heterocycles. The number of H-pyrrole nitrogens is 1. The van der Waals surface area contributed by atoms with Crippen LogP contribution in [0.15, 0.2) is 17.1 Å². The minimum Gasteiger partial charge on any atom is -0.392 e. The highest BCUT2D eigenvalue weighted by Crippen LogP contribution is 2.07. The Hall–Kier alpha value is -0.800. The van der Waals surface area contributed by atoms with Gasteiger partial charge in [0.2, 0.25) is 0 Å². The molecule has 10 heavy (non-hydrogen) atoms. The lowest BCUT2D eigenvalue weighted by molar-refractivity contribution is 0.281. The van der Waals surface area contributed by atoms with E-state index in [-0.39, 0.29) is 17.2 Å². The second kappa shape index (κ2) is 2.86. The molecule has 0 aliphatic heterocycles. The third-order valence-electron chi connectivity index (χ3n) is 1.15. The average Bonchev–Trinajstić information content (AvgIpc) is 1.95. The molecule has 0 aromatic carbocycles. The molecule has 1 heterocycles. The predicted molar refractivity (Wildman–Crippen MR) is 38.0 cm³/mol. The maximum Gasteiger partial charge on any atom is 0.267 e. The number of aliphatic hydroxyl groups is 1. The second-order valence-corrected chi connectivity index (χ2v) is 2.18. The first-order valence-electron chi connectivity index (χ1n) is 2.72. The van der Waals surface area contributed by atoms with Gasteiger partial charge in [-0.25, -0.2) is 0 Å². The first-order valence-corrected chi connectivity index (χ1v) is 3.10. The van der Waals surface area contributed by atoms with Crippen LogP contribution in [0.5, 0.6) is 0 Å². The number of rotatable bonds is 1. The summed E-state index contributed by atoms with van der Waals surface area (Å²) in [7, 11) is 0. The van der Waals surface area contributed by atoms with Gasteiger partial charge in [-0.1, -0.05) is 11.6 Å². The van der Waals surface area contributed by atoms with E-state index >= 15 is 0 Å². The molecular formula is C6H6ClNO2. The van der Waals surface area contributed by atoms with Crippen molar-refractivity contribution >= 4 is 11.6 Å². The topological polar surface area (TPSA) is 53.1 Å². The summed E-state index contributed by atoms with van der Waals surface area (Å²) in [6.45, 7) is -0.206. The molecule has 1 rings (SSSR count). The van der Waals surface area contributed by atoms with E-state index in [1.54, 1.807) is 6.07 Å². The van der Waals surface area contributed by atoms with Gasteiger partial charge < -0.3 is 10.1 Å². The number of pyridine rings is 1. The van der Waals surface area contributed by atoms with E-state index < -0.39 is 0 Å². The van der Waals surface area contributed by atoms with Crippen molar-refractivity contribution in [2.45, 2.75) is 6.61 Å². The van der Waals surface area contributed by atoms with Crippen molar-refractivity contribution in [2.24, 2.45) is 0 Å². The summed E-state index contributed by atoms with van der Waals surface area (Å²) in [5.74, 6) is 0. The Morgan fingerprint density at radius 2 is 2.40 bits per heavy atom. The zero-order valence-electron chi connectivity index (χ0n) is 5.10. The summed E-state index contributed by atoms with van der Waals surface area (Å²) in [5.41, 5.74) is 0.0821. The Bertz CT molecular complexity index is 281. The normalized spacial score (nSPS) is 9.80. The van der Waals surface area contributed by atoms with Crippen LogP contribution in [0.1, 0.15) is 5.56 Å². The Labute approximate surface area is 62.3 Å². The number of aliphatic hydroxyl groups excluding tert-OH is 1. The lowest BCUT2D eigenvalue weighted by Gasteiger charge is -1.95. The maximum absolute atomic E-state index is 10.7. The Morgan fingerprint density at radius 3 is 2.90 bits per heavy atom. The van der Waals surface area contributed by atoms with Crippen molar-refractivity contribution in [3.05, 3.63) is 33.2 Å². The lowest BCUT2D eigenvalue weighted by Crippen LogP contribution is -2.07. The van der Waals surface area contributed by atoms with E-state index in [2.05, 4.69) is 4.98 Å². The standard InChI is InChI=1S/C6H6ClNO2/c7-5-4(3-9)1-2-8-6(5)10/h1-2,9H,3H2,(H,8,10). The van der Waals surface area contributed by atoms with E-state index in [9.17, 15) is 4.79 Å². The SMILES string of the molecule is O=c1[nH]ccc(CO)c1Cl. The molecule has 0 amide bonds. The van der Waals surface area contributed by atoms with Gasteiger partial charge in [0.15, 0.2) is 0 Å². The minimum atomic E-state index is -0.367. The van der Waals surface area contributed by atoms with Crippen LogP contribution in [-0.4, -0.2) is 10.1 Å². The fraction of sp³-hybridized carbons (Fsp3) is 0.167. The Kier molecular flexibility index (Phi) is 2.09. The third kappa shape index (κ3) is 1.20. The van der Waals surface area contributed by atoms with Crippen LogP contribution in [0.4, 0.5) is 0 Å². The number of hydrogen-bond acceptors (Lipinski definition) is 2. The quantitative estimate of drug-likeness (QED) is 0.628. The minimum absolute atomic E-state index is 0.0602. The zero-order chi connectivity index (χ0) is 7.56. The summed E-state index contributed by atoms with van der Waals surface area (Å²) in [6.07, 6.45) is 1.44. The second-order valence-electron chi connectivity index (χ2n) is 1.80. The van der Waals surface area contributed by atoms with Gasteiger partial charge in [-0.05, 0) is 6.07 Å². The van der Waals surface area contributed by atoms with Crippen molar-refractivity contribution in [3.63, 3.8) is 0 Å². The van der Waals surface area contributed by atoms with Crippen molar-refractivity contribution in [3.8, 4) is 0 Å². The predicted octanol–water partition coefficient (Wildman–Crippen LogP) is 0.521. The summed E-state index contributed by atoms with van der Waals surface area (Å²) in [4.78, 5) is 13.1. The number of aromatic amines is 1. The van der Waals surface area contributed by atoms with Crippen LogP contribution in [0.25, 0.3) is 0 Å². The highest BCUT2D eigenvalue weighted by Gasteiger charge is 2.00. The molecule has 0 aliphatic rings. The smallest absolute Gasteiger partial charge is 0.267 e. The molecule has 3 nitrogen and oxygen atoms in total.